The maximum absolute atomic E-state index is 12.5. The molecule has 0 aromatic carbocycles. The van der Waals surface area contributed by atoms with Crippen LogP contribution in [0.15, 0.2) is 0 Å². The summed E-state index contributed by atoms with van der Waals surface area (Å²) in [4.78, 5) is 10.5. The highest BCUT2D eigenvalue weighted by Gasteiger charge is 2.84. The van der Waals surface area contributed by atoms with Crippen LogP contribution in [-0.2, 0) is 4.79 Å². The number of nitrogens with one attached hydrogen (secondary N) is 1. The molecule has 126 valence electrons. The van der Waals surface area contributed by atoms with Crippen molar-refractivity contribution in [3.63, 3.8) is 0 Å². The topological polar surface area (TPSA) is 69.6 Å². The number of aliphatic carboxylic acids is 1. The number of hydrogen-bond donors (Lipinski definition) is 3. The van der Waals surface area contributed by atoms with Gasteiger partial charge < -0.3 is 10.2 Å². The van der Waals surface area contributed by atoms with Crippen molar-refractivity contribution in [2.75, 3.05) is 6.61 Å². The number of aliphatic hydroxyl groups is 1. The molecule has 0 aliphatic carbocycles. The van der Waals surface area contributed by atoms with Crippen LogP contribution in [0.25, 0.3) is 0 Å². The Labute approximate surface area is 110 Å². The normalized spacial score (nSPS) is 15.9. The van der Waals surface area contributed by atoms with Gasteiger partial charge in [0.05, 0.1) is 0 Å². The maximum Gasteiger partial charge on any atom is 0.424 e. The summed E-state index contributed by atoms with van der Waals surface area (Å²) in [6.45, 7) is -1.24. The summed E-state index contributed by atoms with van der Waals surface area (Å²) in [6.07, 6.45) is -22.0. The molecule has 0 saturated carbocycles. The zero-order valence-electron chi connectivity index (χ0n) is 9.70. The van der Waals surface area contributed by atoms with Crippen LogP contribution in [0.2, 0.25) is 0 Å². The first kappa shape index (κ1) is 19.8. The van der Waals surface area contributed by atoms with E-state index in [9.17, 15) is 44.3 Å². The molecule has 1 atom stereocenters. The van der Waals surface area contributed by atoms with Gasteiger partial charge in [-0.15, -0.1) is 0 Å². The zero-order valence-corrected chi connectivity index (χ0v) is 9.70. The highest BCUT2D eigenvalue weighted by molar-refractivity contribution is 5.73. The van der Waals surface area contributed by atoms with Gasteiger partial charge in [-0.3, -0.25) is 10.1 Å². The van der Waals surface area contributed by atoms with E-state index >= 15 is 0 Å². The Hall–Kier alpha value is -1.24. The van der Waals surface area contributed by atoms with E-state index in [0.717, 1.165) is 0 Å². The van der Waals surface area contributed by atoms with Crippen LogP contribution in [0.1, 0.15) is 6.42 Å². The van der Waals surface area contributed by atoms with Crippen LogP contribution in [0.5, 0.6) is 0 Å². The number of aliphatic hydroxyl groups excluding tert-OH is 1. The summed E-state index contributed by atoms with van der Waals surface area (Å²) in [5, 5.41) is 16.8. The second kappa shape index (κ2) is 5.87. The van der Waals surface area contributed by atoms with Gasteiger partial charge in [0.15, 0.2) is 0 Å². The molecule has 0 heterocycles. The number of carboxylic acids is 1. The Morgan fingerprint density at radius 1 is 0.905 bits per heavy atom. The van der Waals surface area contributed by atoms with Crippen molar-refractivity contribution in [2.24, 2.45) is 0 Å². The first-order chi connectivity index (χ1) is 9.12. The van der Waals surface area contributed by atoms with Gasteiger partial charge in [-0.2, -0.15) is 39.5 Å². The summed E-state index contributed by atoms with van der Waals surface area (Å²) >= 11 is 0. The lowest BCUT2D eigenvalue weighted by Crippen LogP contribution is -2.76. The lowest BCUT2D eigenvalue weighted by atomic mass is 9.94. The number of carbonyl (C=O) groups is 1. The molecule has 0 saturated heterocycles. The molecule has 0 bridgehead atoms. The first-order valence-corrected chi connectivity index (χ1v) is 4.93. The van der Waals surface area contributed by atoms with Crippen molar-refractivity contribution in [1.29, 1.82) is 0 Å². The Morgan fingerprint density at radius 2 is 1.24 bits per heavy atom. The fourth-order valence-electron chi connectivity index (χ4n) is 1.38. The van der Waals surface area contributed by atoms with Crippen molar-refractivity contribution in [3.8, 4) is 0 Å². The quantitative estimate of drug-likeness (QED) is 0.670. The van der Waals surface area contributed by atoms with E-state index in [2.05, 4.69) is 0 Å². The molecule has 0 unspecified atom stereocenters. The molecule has 4 nitrogen and oxygen atoms in total. The molecule has 0 amide bonds. The third-order valence-electron chi connectivity index (χ3n) is 2.38. The Bertz CT molecular complexity index is 337. The van der Waals surface area contributed by atoms with Crippen LogP contribution in [0, 0.1) is 0 Å². The van der Waals surface area contributed by atoms with E-state index in [0.29, 0.717) is 0 Å². The van der Waals surface area contributed by atoms with Crippen molar-refractivity contribution in [2.45, 2.75) is 36.5 Å². The zero-order chi connectivity index (χ0) is 17.3. The summed E-state index contributed by atoms with van der Waals surface area (Å²) in [5.41, 5.74) is -6.43. The van der Waals surface area contributed by atoms with Crippen LogP contribution >= 0.6 is 0 Å². The summed E-state index contributed by atoms with van der Waals surface area (Å²) in [6, 6.07) is -2.92. The van der Waals surface area contributed by atoms with Crippen molar-refractivity contribution >= 4 is 5.97 Å². The average Bonchev–Trinajstić information content (AvgIpc) is 2.17. The highest BCUT2D eigenvalue weighted by atomic mass is 19.4. The lowest BCUT2D eigenvalue weighted by Gasteiger charge is -2.40. The maximum atomic E-state index is 12.5. The van der Waals surface area contributed by atoms with E-state index in [1.54, 1.807) is 0 Å². The molecular weight excluding hydrogens is 329 g/mol. The van der Waals surface area contributed by atoms with Gasteiger partial charge in [0.1, 0.15) is 6.04 Å². The molecule has 0 aromatic heterocycles. The lowest BCUT2D eigenvalue weighted by molar-refractivity contribution is -0.391. The standard InChI is InChI=1S/C8H8F9NO3/c9-6(10,11)5(7(12,13)14,8(15,16)17)18-3(1-2-19)4(20)21/h3,18-19H,1-2H2,(H,20,21)/t3-/m0/s1. The first-order valence-electron chi connectivity index (χ1n) is 4.93. The number of hydrogen-bond acceptors (Lipinski definition) is 3. The van der Waals surface area contributed by atoms with Crippen LogP contribution in [0.3, 0.4) is 0 Å². The molecule has 0 aliphatic rings. The SMILES string of the molecule is O=C(O)[C@H](CCO)NC(C(F)(F)F)(C(F)(F)F)C(F)(F)F. The molecule has 0 fully saturated rings. The van der Waals surface area contributed by atoms with Crippen molar-refractivity contribution < 1.29 is 54.5 Å². The van der Waals surface area contributed by atoms with Gasteiger partial charge in [-0.05, 0) is 6.42 Å². The minimum atomic E-state index is -6.91. The van der Waals surface area contributed by atoms with Gasteiger partial charge in [0.25, 0.3) is 0 Å². The molecule has 3 N–H and O–H groups in total. The molecule has 13 heteroatoms. The molecule has 0 rings (SSSR count). The van der Waals surface area contributed by atoms with E-state index < -0.39 is 49.1 Å². The minimum absolute atomic E-state index is 0.0533. The third-order valence-corrected chi connectivity index (χ3v) is 2.38. The predicted molar refractivity (Wildman–Crippen MR) is 47.2 cm³/mol. The Balaban J connectivity index is 6.10. The largest absolute Gasteiger partial charge is 0.480 e. The van der Waals surface area contributed by atoms with E-state index in [4.69, 9.17) is 10.2 Å². The second-order valence-electron chi connectivity index (χ2n) is 3.79. The Morgan fingerprint density at radius 3 is 1.43 bits per heavy atom. The summed E-state index contributed by atoms with van der Waals surface area (Å²) in [5.74, 6) is -2.41. The monoisotopic (exact) mass is 337 g/mol. The third kappa shape index (κ3) is 3.70. The van der Waals surface area contributed by atoms with Gasteiger partial charge in [0, 0.05) is 6.61 Å². The van der Waals surface area contributed by atoms with Crippen LogP contribution in [-0.4, -0.2) is 52.9 Å². The van der Waals surface area contributed by atoms with Gasteiger partial charge in [0.2, 0.25) is 0 Å². The average molecular weight is 337 g/mol. The van der Waals surface area contributed by atoms with E-state index in [1.165, 1.54) is 0 Å². The highest BCUT2D eigenvalue weighted by Crippen LogP contribution is 2.52. The van der Waals surface area contributed by atoms with Crippen LogP contribution in [0.4, 0.5) is 39.5 Å². The molecule has 0 radical (unpaired) electrons. The molecular formula is C8H8F9NO3. The smallest absolute Gasteiger partial charge is 0.424 e. The van der Waals surface area contributed by atoms with Crippen molar-refractivity contribution in [3.05, 3.63) is 0 Å². The van der Waals surface area contributed by atoms with Crippen molar-refractivity contribution in [1.82, 2.24) is 5.32 Å². The Kier molecular flexibility index (Phi) is 5.52. The predicted octanol–water partition coefficient (Wildman–Crippen LogP) is 1.84. The van der Waals surface area contributed by atoms with Gasteiger partial charge in [-0.1, -0.05) is 0 Å². The summed E-state index contributed by atoms with van der Waals surface area (Å²) < 4.78 is 112. The van der Waals surface area contributed by atoms with E-state index in [-0.39, 0.29) is 5.32 Å². The van der Waals surface area contributed by atoms with Crippen LogP contribution < -0.4 is 5.32 Å². The summed E-state index contributed by atoms with van der Waals surface area (Å²) in [7, 11) is 0. The number of alkyl halides is 9. The number of carboxylic acid groups (broad SMARTS) is 1. The minimum Gasteiger partial charge on any atom is -0.480 e. The second-order valence-corrected chi connectivity index (χ2v) is 3.79. The molecule has 0 aromatic rings. The van der Waals surface area contributed by atoms with Gasteiger partial charge >= 0.3 is 30.0 Å². The fraction of sp³-hybridized carbons (Fsp3) is 0.875. The molecule has 0 aliphatic heterocycles. The van der Waals surface area contributed by atoms with Gasteiger partial charge in [-0.25, -0.2) is 0 Å². The molecule has 21 heavy (non-hydrogen) atoms. The fourth-order valence-corrected chi connectivity index (χ4v) is 1.38. The number of rotatable bonds is 5. The van der Waals surface area contributed by atoms with E-state index in [1.807, 2.05) is 0 Å². The molecule has 0 spiro atoms. The number of halogens is 9.